The molecule has 0 radical (unpaired) electrons. The van der Waals surface area contributed by atoms with Gasteiger partial charge in [0.1, 0.15) is 12.2 Å². The molecule has 1 aromatic carbocycles. The first-order valence-corrected chi connectivity index (χ1v) is 11.5. The first kappa shape index (κ1) is 24.6. The van der Waals surface area contributed by atoms with Gasteiger partial charge in [0, 0.05) is 77.0 Å². The summed E-state index contributed by atoms with van der Waals surface area (Å²) in [7, 11) is 3.75. The van der Waals surface area contributed by atoms with Gasteiger partial charge in [0.2, 0.25) is 5.91 Å². The van der Waals surface area contributed by atoms with Crippen molar-refractivity contribution in [1.29, 1.82) is 5.26 Å². The van der Waals surface area contributed by atoms with Crippen LogP contribution in [0.15, 0.2) is 43.4 Å². The molecule has 7 nitrogen and oxygen atoms in total. The highest BCUT2D eigenvalue weighted by Gasteiger charge is 2.34. The number of hydrogen-bond donors (Lipinski definition) is 1. The summed E-state index contributed by atoms with van der Waals surface area (Å²) in [6.45, 7) is 8.93. The molecular formula is C25H35FN6O. The lowest BCUT2D eigenvalue weighted by atomic mass is 10.1. The van der Waals surface area contributed by atoms with Crippen molar-refractivity contribution in [1.82, 2.24) is 15.1 Å². The molecule has 1 amide bonds. The quantitative estimate of drug-likeness (QED) is 0.586. The Morgan fingerprint density at radius 3 is 2.85 bits per heavy atom. The van der Waals surface area contributed by atoms with Crippen molar-refractivity contribution >= 4 is 17.3 Å². The van der Waals surface area contributed by atoms with Crippen molar-refractivity contribution in [2.45, 2.75) is 38.5 Å². The van der Waals surface area contributed by atoms with Crippen LogP contribution in [-0.2, 0) is 11.3 Å². The van der Waals surface area contributed by atoms with Crippen molar-refractivity contribution in [3.05, 3.63) is 48.9 Å². The van der Waals surface area contributed by atoms with Gasteiger partial charge in [0.15, 0.2) is 0 Å². The number of nitrogens with one attached hydrogen (secondary N) is 1. The third kappa shape index (κ3) is 6.05. The zero-order valence-corrected chi connectivity index (χ0v) is 19.9. The number of likely N-dealkylation sites (tertiary alicyclic amines) is 1. The first-order valence-electron chi connectivity index (χ1n) is 11.5. The summed E-state index contributed by atoms with van der Waals surface area (Å²) in [5.41, 5.74) is 2.75. The van der Waals surface area contributed by atoms with Gasteiger partial charge < -0.3 is 20.0 Å². The molecule has 0 spiro atoms. The molecule has 0 aromatic heterocycles. The number of carbonyl (C=O) groups excluding carboxylic acids is 1. The van der Waals surface area contributed by atoms with E-state index in [9.17, 15) is 14.4 Å². The van der Waals surface area contributed by atoms with Crippen LogP contribution in [0.2, 0.25) is 0 Å². The number of carbonyl (C=O) groups is 1. The maximum atomic E-state index is 13.5. The topological polar surface area (TPSA) is 65.8 Å². The van der Waals surface area contributed by atoms with Crippen molar-refractivity contribution < 1.29 is 9.18 Å². The van der Waals surface area contributed by atoms with E-state index in [1.54, 1.807) is 12.4 Å². The van der Waals surface area contributed by atoms with Gasteiger partial charge >= 0.3 is 0 Å². The normalized spacial score (nSPS) is 21.9. The third-order valence-electron chi connectivity index (χ3n) is 6.33. The Labute approximate surface area is 196 Å². The molecule has 2 fully saturated rings. The van der Waals surface area contributed by atoms with Gasteiger partial charge in [-0.3, -0.25) is 9.69 Å². The van der Waals surface area contributed by atoms with Gasteiger partial charge in [-0.15, -0.1) is 0 Å². The van der Waals surface area contributed by atoms with Crippen molar-refractivity contribution in [2.24, 2.45) is 5.92 Å². The van der Waals surface area contributed by atoms with Crippen LogP contribution in [0.5, 0.6) is 0 Å². The molecule has 3 atom stereocenters. The Hall–Kier alpha value is -3.05. The lowest BCUT2D eigenvalue weighted by molar-refractivity contribution is -0.117. The minimum absolute atomic E-state index is 0.101. The largest absolute Gasteiger partial charge is 0.393 e. The van der Waals surface area contributed by atoms with Crippen LogP contribution in [0.1, 0.15) is 25.3 Å². The van der Waals surface area contributed by atoms with E-state index in [0.29, 0.717) is 32.5 Å². The standard InChI is InChI=1S/C25H35FN6O/c1-5-29(4)17-21-13-23(6-7-24(21)31(11-9-28-3)19(2)14-27)32-16-20(12-25(32)33)15-30-10-8-22(26)18-30/h5-7,9,11,13,19-20,22,28H,1,8,10,12,15-18H2,2-4H3/b11-9-/t19?,20-,22?/m1/s1. The number of nitrogens with zero attached hydrogens (tertiary/aromatic N) is 5. The number of halogens is 1. The molecule has 33 heavy (non-hydrogen) atoms. The summed E-state index contributed by atoms with van der Waals surface area (Å²) in [5.74, 6) is 0.305. The molecule has 1 aromatic rings. The van der Waals surface area contributed by atoms with Gasteiger partial charge in [0.05, 0.1) is 6.07 Å². The maximum absolute atomic E-state index is 13.5. The van der Waals surface area contributed by atoms with E-state index >= 15 is 0 Å². The van der Waals surface area contributed by atoms with Crippen molar-refractivity contribution in [3.8, 4) is 6.07 Å². The number of rotatable bonds is 10. The number of nitriles is 1. The second-order valence-electron chi connectivity index (χ2n) is 8.95. The fourth-order valence-corrected chi connectivity index (χ4v) is 4.56. The van der Waals surface area contributed by atoms with Gasteiger partial charge in [-0.2, -0.15) is 5.26 Å². The lowest BCUT2D eigenvalue weighted by Crippen LogP contribution is -2.31. The van der Waals surface area contributed by atoms with Gasteiger partial charge in [0.25, 0.3) is 0 Å². The van der Waals surface area contributed by atoms with E-state index in [1.807, 2.05) is 60.1 Å². The fourth-order valence-electron chi connectivity index (χ4n) is 4.56. The second-order valence-corrected chi connectivity index (χ2v) is 8.95. The Kier molecular flexibility index (Phi) is 8.34. The lowest BCUT2D eigenvalue weighted by Gasteiger charge is -2.29. The zero-order chi connectivity index (χ0) is 24.0. The van der Waals surface area contributed by atoms with Gasteiger partial charge in [-0.05, 0) is 49.2 Å². The molecule has 2 aliphatic rings. The Morgan fingerprint density at radius 2 is 2.21 bits per heavy atom. The molecule has 178 valence electrons. The minimum Gasteiger partial charge on any atom is -0.393 e. The number of hydrogen-bond acceptors (Lipinski definition) is 6. The maximum Gasteiger partial charge on any atom is 0.227 e. The molecule has 1 N–H and O–H groups in total. The molecular weight excluding hydrogens is 419 g/mol. The molecule has 8 heteroatoms. The smallest absolute Gasteiger partial charge is 0.227 e. The molecule has 2 saturated heterocycles. The van der Waals surface area contributed by atoms with Crippen molar-refractivity contribution in [3.63, 3.8) is 0 Å². The Morgan fingerprint density at radius 1 is 1.42 bits per heavy atom. The summed E-state index contributed by atoms with van der Waals surface area (Å²) >= 11 is 0. The van der Waals surface area contributed by atoms with Crippen LogP contribution in [0, 0.1) is 17.2 Å². The Balaban J connectivity index is 1.86. The first-order chi connectivity index (χ1) is 15.9. The van der Waals surface area contributed by atoms with Crippen LogP contribution < -0.4 is 15.1 Å². The summed E-state index contributed by atoms with van der Waals surface area (Å²) in [4.78, 5) is 20.7. The van der Waals surface area contributed by atoms with Gasteiger partial charge in [-0.1, -0.05) is 6.58 Å². The molecule has 2 unspecified atom stereocenters. The average Bonchev–Trinajstić information content (AvgIpc) is 3.38. The highest BCUT2D eigenvalue weighted by molar-refractivity contribution is 5.96. The zero-order valence-electron chi connectivity index (χ0n) is 19.9. The molecule has 3 rings (SSSR count). The summed E-state index contributed by atoms with van der Waals surface area (Å²) in [5, 5.41) is 12.5. The van der Waals surface area contributed by atoms with E-state index in [-0.39, 0.29) is 17.9 Å². The van der Waals surface area contributed by atoms with Gasteiger partial charge in [-0.25, -0.2) is 4.39 Å². The van der Waals surface area contributed by atoms with Crippen molar-refractivity contribution in [2.75, 3.05) is 50.1 Å². The highest BCUT2D eigenvalue weighted by atomic mass is 19.1. The van der Waals surface area contributed by atoms with Crippen LogP contribution in [0.25, 0.3) is 0 Å². The number of anilines is 2. The van der Waals surface area contributed by atoms with E-state index < -0.39 is 6.17 Å². The summed E-state index contributed by atoms with van der Waals surface area (Å²) in [6.07, 6.45) is 5.73. The monoisotopic (exact) mass is 454 g/mol. The van der Waals surface area contributed by atoms with Crippen LogP contribution in [0.3, 0.4) is 0 Å². The number of alkyl halides is 1. The van der Waals surface area contributed by atoms with Crippen LogP contribution in [-0.4, -0.2) is 68.2 Å². The van der Waals surface area contributed by atoms with E-state index in [4.69, 9.17) is 0 Å². The van der Waals surface area contributed by atoms with E-state index in [1.165, 1.54) is 0 Å². The third-order valence-corrected chi connectivity index (χ3v) is 6.33. The predicted octanol–water partition coefficient (Wildman–Crippen LogP) is 3.07. The molecule has 2 heterocycles. The second kappa shape index (κ2) is 11.2. The minimum atomic E-state index is -0.745. The molecule has 0 saturated carbocycles. The predicted molar refractivity (Wildman–Crippen MR) is 130 cm³/mol. The van der Waals surface area contributed by atoms with Crippen LogP contribution >= 0.6 is 0 Å². The van der Waals surface area contributed by atoms with Crippen LogP contribution in [0.4, 0.5) is 15.8 Å². The number of benzene rings is 1. The SMILES string of the molecule is C=CN(C)Cc1cc(N2C[C@@H](CN3CCC(F)C3)CC2=O)ccc1N(/C=C\NC)C(C)C#N. The average molecular weight is 455 g/mol. The summed E-state index contributed by atoms with van der Waals surface area (Å²) in [6, 6.07) is 7.90. The van der Waals surface area contributed by atoms with E-state index in [0.717, 1.165) is 30.0 Å². The highest BCUT2D eigenvalue weighted by Crippen LogP contribution is 2.32. The fraction of sp³-hybridized carbons (Fsp3) is 0.520. The molecule has 2 aliphatic heterocycles. The summed E-state index contributed by atoms with van der Waals surface area (Å²) < 4.78 is 13.5. The molecule has 0 bridgehead atoms. The number of amides is 1. The Bertz CT molecular complexity index is 913. The molecule has 0 aliphatic carbocycles. The van der Waals surface area contributed by atoms with E-state index in [2.05, 4.69) is 22.9 Å².